The van der Waals surface area contributed by atoms with E-state index < -0.39 is 7.32 Å². The monoisotopic (exact) mass is 235 g/mol. The van der Waals surface area contributed by atoms with E-state index in [-0.39, 0.29) is 72.5 Å². The largest absolute Gasteiger partial charge is 2.00 e. The van der Waals surface area contributed by atoms with Crippen LogP contribution in [0.5, 0.6) is 0 Å². The van der Waals surface area contributed by atoms with Crippen LogP contribution in [0.1, 0.15) is 2.85 Å². The zero-order valence-electron chi connectivity index (χ0n) is 5.77. The summed E-state index contributed by atoms with van der Waals surface area (Å²) in [6.45, 7) is 0. The first-order valence-electron chi connectivity index (χ1n) is 0.775. The molecule has 51 valence electrons. The Morgan fingerprint density at radius 2 is 1.12 bits per heavy atom. The summed E-state index contributed by atoms with van der Waals surface area (Å²) in [5.41, 5.74) is 0. The Hall–Kier alpha value is 2.04. The third kappa shape index (κ3) is 95.7. The predicted octanol–water partition coefficient (Wildman–Crippen LogP) is -1.79. The molecule has 0 spiro atoms. The van der Waals surface area contributed by atoms with E-state index in [2.05, 4.69) is 0 Å². The van der Waals surface area contributed by atoms with E-state index in [0.717, 1.165) is 0 Å². The molecule has 0 aliphatic carbocycles. The van der Waals surface area contributed by atoms with Gasteiger partial charge in [0.1, 0.15) is 0 Å². The molecule has 0 saturated carbocycles. The summed E-state index contributed by atoms with van der Waals surface area (Å²) in [7, 11) is -2.17. The van der Waals surface area contributed by atoms with Gasteiger partial charge < -0.3 is 17.9 Å². The molecule has 0 unspecified atom stereocenters. The molecule has 0 aromatic heterocycles. The first-order chi connectivity index (χ1) is 1.73. The first-order valence-corrected chi connectivity index (χ1v) is 0.775. The molecule has 0 fully saturated rings. The standard InChI is InChI=1S/BH3O3.ClH.Fe.Mg.Mn.2H/c2-1(3)4;;;;;;/h2-4H;1H;;;;;/q;;;+2;;2*-1. The van der Waals surface area contributed by atoms with Crippen molar-refractivity contribution < 1.29 is 52.1 Å². The zero-order chi connectivity index (χ0) is 3.58. The van der Waals surface area contributed by atoms with Crippen LogP contribution in [0.4, 0.5) is 0 Å². The van der Waals surface area contributed by atoms with E-state index in [0.29, 0.717) is 0 Å². The molecule has 0 atom stereocenters. The summed E-state index contributed by atoms with van der Waals surface area (Å²) in [6, 6.07) is 0. The maximum absolute atomic E-state index is 7.17. The minimum absolute atomic E-state index is 0. The van der Waals surface area contributed by atoms with Gasteiger partial charge in [-0.3, -0.25) is 0 Å². The van der Waals surface area contributed by atoms with Crippen molar-refractivity contribution >= 4 is 42.8 Å². The van der Waals surface area contributed by atoms with Gasteiger partial charge >= 0.3 is 30.4 Å². The van der Waals surface area contributed by atoms with E-state index in [1.807, 2.05) is 0 Å². The Balaban J connectivity index is -0.00000000300. The Morgan fingerprint density at radius 1 is 1.12 bits per heavy atom. The smallest absolute Gasteiger partial charge is 1.00 e. The molecule has 3 nitrogen and oxygen atoms in total. The van der Waals surface area contributed by atoms with Crippen molar-refractivity contribution in [3.8, 4) is 0 Å². The Morgan fingerprint density at radius 3 is 1.12 bits per heavy atom. The van der Waals surface area contributed by atoms with Crippen molar-refractivity contribution in [2.75, 3.05) is 0 Å². The van der Waals surface area contributed by atoms with Crippen molar-refractivity contribution in [1.82, 2.24) is 0 Å². The van der Waals surface area contributed by atoms with Crippen LogP contribution in [0, 0.1) is 0 Å². The average molecular weight is 235 g/mol. The fourth-order valence-electron chi connectivity index (χ4n) is 0. The molecular weight excluding hydrogens is 229 g/mol. The molecule has 1 radical (unpaired) electrons. The summed E-state index contributed by atoms with van der Waals surface area (Å²) in [5.74, 6) is 0. The zero-order valence-corrected chi connectivity index (χ0v) is 8.28. The predicted molar refractivity (Wildman–Crippen MR) is 27.6 cm³/mol. The molecule has 0 bridgehead atoms. The number of halogens is 1. The molecule has 0 saturated heterocycles. The van der Waals surface area contributed by atoms with E-state index in [1.165, 1.54) is 0 Å². The second-order valence-corrected chi connectivity index (χ2v) is 0.346. The number of hydrogen-bond acceptors (Lipinski definition) is 3. The molecule has 8 heavy (non-hydrogen) atoms. The SMILES string of the molecule is Cl.OB(O)O.[Fe].[H-].[H-].[Mg+2].[Mn]. The molecule has 0 aromatic carbocycles. The van der Waals surface area contributed by atoms with Crippen molar-refractivity contribution in [3.05, 3.63) is 0 Å². The molecule has 3 N–H and O–H groups in total. The summed E-state index contributed by atoms with van der Waals surface area (Å²) >= 11 is 0. The van der Waals surface area contributed by atoms with Gasteiger partial charge in [0.2, 0.25) is 0 Å². The molecular formula is H6BClFeMgMnO3. The van der Waals surface area contributed by atoms with Crippen LogP contribution < -0.4 is 0 Å². The number of hydrogen-bond donors (Lipinski definition) is 3. The molecule has 0 aliphatic rings. The van der Waals surface area contributed by atoms with Crippen molar-refractivity contribution in [3.63, 3.8) is 0 Å². The van der Waals surface area contributed by atoms with Crippen molar-refractivity contribution in [1.29, 1.82) is 0 Å². The molecule has 8 heteroatoms. The first kappa shape index (κ1) is 32.3. The van der Waals surface area contributed by atoms with Gasteiger partial charge in [-0.05, 0) is 0 Å². The van der Waals surface area contributed by atoms with Gasteiger partial charge in [0.05, 0.1) is 0 Å². The van der Waals surface area contributed by atoms with Crippen LogP contribution >= 0.6 is 12.4 Å². The molecule has 0 aromatic rings. The normalized spacial score (nSPS) is 3.38. The van der Waals surface area contributed by atoms with Crippen LogP contribution in [0.3, 0.4) is 0 Å². The van der Waals surface area contributed by atoms with Crippen molar-refractivity contribution in [2.24, 2.45) is 0 Å². The van der Waals surface area contributed by atoms with Gasteiger partial charge in [0, 0.05) is 34.1 Å². The minimum atomic E-state index is -2.17. The third-order valence-electron chi connectivity index (χ3n) is 0. The van der Waals surface area contributed by atoms with Gasteiger partial charge in [-0.25, -0.2) is 0 Å². The van der Waals surface area contributed by atoms with Gasteiger partial charge in [0.15, 0.2) is 0 Å². The minimum Gasteiger partial charge on any atom is -1.00 e. The molecule has 0 rings (SSSR count). The molecule has 0 aliphatic heterocycles. The Bertz CT molecular complexity index is 31.2. The molecule has 0 amide bonds. The van der Waals surface area contributed by atoms with E-state index in [4.69, 9.17) is 15.1 Å². The Labute approximate surface area is 94.3 Å². The van der Waals surface area contributed by atoms with Crippen LogP contribution in [0.25, 0.3) is 0 Å². The third-order valence-corrected chi connectivity index (χ3v) is 0. The van der Waals surface area contributed by atoms with Gasteiger partial charge in [-0.2, -0.15) is 0 Å². The van der Waals surface area contributed by atoms with Crippen LogP contribution in [0.15, 0.2) is 0 Å². The summed E-state index contributed by atoms with van der Waals surface area (Å²) in [5, 5.41) is 21.5. The maximum Gasteiger partial charge on any atom is 2.00 e. The van der Waals surface area contributed by atoms with Crippen LogP contribution in [-0.4, -0.2) is 45.4 Å². The quantitative estimate of drug-likeness (QED) is 0.435. The van der Waals surface area contributed by atoms with Gasteiger partial charge in [0.25, 0.3) is 0 Å². The second-order valence-electron chi connectivity index (χ2n) is 0.346. The number of rotatable bonds is 0. The topological polar surface area (TPSA) is 60.7 Å². The average Bonchev–Trinajstić information content (AvgIpc) is 0.811. The van der Waals surface area contributed by atoms with Gasteiger partial charge in [-0.15, -0.1) is 12.4 Å². The summed E-state index contributed by atoms with van der Waals surface area (Å²) in [4.78, 5) is 0. The van der Waals surface area contributed by atoms with Crippen LogP contribution in [-0.2, 0) is 34.1 Å². The van der Waals surface area contributed by atoms with Crippen LogP contribution in [0.2, 0.25) is 0 Å². The Kier molecular flexibility index (Phi) is 92.9. The molecule has 0 heterocycles. The van der Waals surface area contributed by atoms with E-state index >= 15 is 0 Å². The second kappa shape index (κ2) is 23.0. The summed E-state index contributed by atoms with van der Waals surface area (Å²) < 4.78 is 0. The van der Waals surface area contributed by atoms with E-state index in [9.17, 15) is 0 Å². The van der Waals surface area contributed by atoms with E-state index in [1.54, 1.807) is 0 Å². The maximum atomic E-state index is 7.17. The van der Waals surface area contributed by atoms with Crippen molar-refractivity contribution in [2.45, 2.75) is 0 Å². The fraction of sp³-hybridized carbons (Fsp3) is 0. The summed E-state index contributed by atoms with van der Waals surface area (Å²) in [6.07, 6.45) is 0. The fourth-order valence-corrected chi connectivity index (χ4v) is 0. The van der Waals surface area contributed by atoms with Gasteiger partial charge in [-0.1, -0.05) is 0 Å².